The molecule has 1 aliphatic rings. The van der Waals surface area contributed by atoms with Crippen molar-refractivity contribution in [1.29, 1.82) is 0 Å². The molecule has 0 aromatic rings. The number of ether oxygens (including phenoxy) is 1. The van der Waals surface area contributed by atoms with Gasteiger partial charge in [-0.25, -0.2) is 0 Å². The van der Waals surface area contributed by atoms with Crippen LogP contribution >= 0.6 is 15.9 Å². The van der Waals surface area contributed by atoms with Crippen molar-refractivity contribution in [2.24, 2.45) is 0 Å². The van der Waals surface area contributed by atoms with Gasteiger partial charge in [-0.2, -0.15) is 0 Å². The van der Waals surface area contributed by atoms with Crippen molar-refractivity contribution in [3.63, 3.8) is 0 Å². The molecule has 1 fully saturated rings. The van der Waals surface area contributed by atoms with Gasteiger partial charge in [-0.1, -0.05) is 28.8 Å². The first-order valence-corrected chi connectivity index (χ1v) is 7.66. The molecule has 1 aliphatic carbocycles. The maximum atomic E-state index is 11.5. The third-order valence-electron chi connectivity index (χ3n) is 3.04. The molecule has 0 aromatic heterocycles. The van der Waals surface area contributed by atoms with Crippen LogP contribution < -0.4 is 5.32 Å². The average Bonchev–Trinajstić information content (AvgIpc) is 2.75. The molecule has 0 bridgehead atoms. The Morgan fingerprint density at radius 3 is 2.65 bits per heavy atom. The fraction of sp³-hybridized carbons (Fsp3) is 0.923. The number of rotatable bonds is 7. The van der Waals surface area contributed by atoms with Crippen molar-refractivity contribution in [3.8, 4) is 0 Å². The summed E-state index contributed by atoms with van der Waals surface area (Å²) in [7, 11) is 0. The van der Waals surface area contributed by atoms with Crippen LogP contribution in [0.3, 0.4) is 0 Å². The van der Waals surface area contributed by atoms with Gasteiger partial charge in [0, 0.05) is 18.3 Å². The number of hydrogen-bond donors (Lipinski definition) is 1. The van der Waals surface area contributed by atoms with Gasteiger partial charge in [0.2, 0.25) is 5.91 Å². The van der Waals surface area contributed by atoms with Crippen molar-refractivity contribution in [2.75, 3.05) is 11.9 Å². The maximum absolute atomic E-state index is 11.5. The largest absolute Gasteiger partial charge is 0.371 e. The summed E-state index contributed by atoms with van der Waals surface area (Å²) in [5, 5.41) is 3.82. The highest BCUT2D eigenvalue weighted by atomic mass is 79.9. The maximum Gasteiger partial charge on any atom is 0.220 e. The van der Waals surface area contributed by atoms with Crippen LogP contribution in [0, 0.1) is 0 Å². The van der Waals surface area contributed by atoms with E-state index >= 15 is 0 Å². The van der Waals surface area contributed by atoms with Crippen molar-refractivity contribution in [3.05, 3.63) is 0 Å². The summed E-state index contributed by atoms with van der Waals surface area (Å²) in [4.78, 5) is 11.5. The van der Waals surface area contributed by atoms with Crippen LogP contribution in [0.4, 0.5) is 0 Å². The predicted octanol–water partition coefficient (Wildman–Crippen LogP) is 3.02. The van der Waals surface area contributed by atoms with Crippen LogP contribution in [0.5, 0.6) is 0 Å². The Kier molecular flexibility index (Phi) is 6.49. The fourth-order valence-electron chi connectivity index (χ4n) is 2.13. The van der Waals surface area contributed by atoms with E-state index in [0.29, 0.717) is 19.1 Å². The van der Waals surface area contributed by atoms with Crippen LogP contribution in [0.1, 0.15) is 52.4 Å². The minimum absolute atomic E-state index is 0.118. The Bertz CT molecular complexity index is 238. The van der Waals surface area contributed by atoms with E-state index in [1.807, 2.05) is 0 Å². The molecule has 0 aliphatic heterocycles. The number of halogens is 1. The van der Waals surface area contributed by atoms with Gasteiger partial charge in [0.1, 0.15) is 0 Å². The number of nitrogens with one attached hydrogen (secondary N) is 1. The summed E-state index contributed by atoms with van der Waals surface area (Å²) in [6.45, 7) is 4.71. The summed E-state index contributed by atoms with van der Waals surface area (Å²) in [6, 6.07) is 0. The highest BCUT2D eigenvalue weighted by Crippen LogP contribution is 2.25. The molecule has 1 rings (SSSR count). The number of amides is 1. The van der Waals surface area contributed by atoms with E-state index in [1.54, 1.807) is 0 Å². The minimum atomic E-state index is -0.251. The summed E-state index contributed by atoms with van der Waals surface area (Å²) in [6.07, 6.45) is 6.75. The quantitative estimate of drug-likeness (QED) is 0.734. The van der Waals surface area contributed by atoms with E-state index in [9.17, 15) is 4.79 Å². The SMILES string of the molecule is CC(C)(CNC(=O)CCCBr)OC1CCCC1. The van der Waals surface area contributed by atoms with Crippen molar-refractivity contribution >= 4 is 21.8 Å². The molecule has 4 heteroatoms. The lowest BCUT2D eigenvalue weighted by molar-refractivity contribution is -0.124. The molecule has 100 valence electrons. The Hall–Kier alpha value is -0.0900. The Balaban J connectivity index is 2.20. The van der Waals surface area contributed by atoms with E-state index in [1.165, 1.54) is 25.7 Å². The molecule has 17 heavy (non-hydrogen) atoms. The Morgan fingerprint density at radius 1 is 1.41 bits per heavy atom. The van der Waals surface area contributed by atoms with Crippen LogP contribution in [-0.2, 0) is 9.53 Å². The van der Waals surface area contributed by atoms with Gasteiger partial charge >= 0.3 is 0 Å². The zero-order valence-electron chi connectivity index (χ0n) is 10.9. The zero-order valence-corrected chi connectivity index (χ0v) is 12.5. The predicted molar refractivity (Wildman–Crippen MR) is 73.5 cm³/mol. The molecule has 1 amide bonds. The van der Waals surface area contributed by atoms with Gasteiger partial charge in [-0.3, -0.25) is 4.79 Å². The molecule has 0 heterocycles. The number of carbonyl (C=O) groups is 1. The molecule has 0 saturated heterocycles. The van der Waals surface area contributed by atoms with Crippen LogP contribution in [0.2, 0.25) is 0 Å². The molecular weight excluding hydrogens is 282 g/mol. The van der Waals surface area contributed by atoms with E-state index in [4.69, 9.17) is 4.74 Å². The van der Waals surface area contributed by atoms with E-state index in [0.717, 1.165) is 11.8 Å². The summed E-state index contributed by atoms with van der Waals surface area (Å²) in [5.41, 5.74) is -0.251. The summed E-state index contributed by atoms with van der Waals surface area (Å²) >= 11 is 3.32. The monoisotopic (exact) mass is 305 g/mol. The molecule has 0 unspecified atom stereocenters. The van der Waals surface area contributed by atoms with Crippen molar-refractivity contribution < 1.29 is 9.53 Å². The lowest BCUT2D eigenvalue weighted by atomic mass is 10.1. The summed E-state index contributed by atoms with van der Waals surface area (Å²) in [5.74, 6) is 0.118. The van der Waals surface area contributed by atoms with Crippen molar-refractivity contribution in [1.82, 2.24) is 5.32 Å². The normalized spacial score (nSPS) is 17.4. The Morgan fingerprint density at radius 2 is 2.06 bits per heavy atom. The third-order valence-corrected chi connectivity index (χ3v) is 3.60. The van der Waals surface area contributed by atoms with Gasteiger partial charge in [-0.15, -0.1) is 0 Å². The molecule has 3 nitrogen and oxygen atoms in total. The van der Waals surface area contributed by atoms with Crippen LogP contribution in [0.25, 0.3) is 0 Å². The third kappa shape index (κ3) is 6.41. The zero-order chi connectivity index (χ0) is 12.7. The second kappa shape index (κ2) is 7.37. The highest BCUT2D eigenvalue weighted by Gasteiger charge is 2.26. The smallest absolute Gasteiger partial charge is 0.220 e. The number of carbonyl (C=O) groups excluding carboxylic acids is 1. The Labute approximate surface area is 113 Å². The summed E-state index contributed by atoms with van der Waals surface area (Å²) < 4.78 is 6.03. The molecule has 0 aromatic carbocycles. The number of hydrogen-bond acceptors (Lipinski definition) is 2. The topological polar surface area (TPSA) is 38.3 Å². The lowest BCUT2D eigenvalue weighted by Crippen LogP contribution is -2.42. The first kappa shape index (κ1) is 15.0. The molecule has 1 N–H and O–H groups in total. The van der Waals surface area contributed by atoms with Crippen molar-refractivity contribution in [2.45, 2.75) is 64.1 Å². The van der Waals surface area contributed by atoms with Gasteiger partial charge in [0.05, 0.1) is 11.7 Å². The molecule has 0 atom stereocenters. The second-order valence-electron chi connectivity index (χ2n) is 5.35. The van der Waals surface area contributed by atoms with E-state index < -0.39 is 0 Å². The van der Waals surface area contributed by atoms with Gasteiger partial charge < -0.3 is 10.1 Å². The lowest BCUT2D eigenvalue weighted by Gasteiger charge is -2.29. The average molecular weight is 306 g/mol. The van der Waals surface area contributed by atoms with Crippen LogP contribution in [0.15, 0.2) is 0 Å². The molecule has 1 saturated carbocycles. The fourth-order valence-corrected chi connectivity index (χ4v) is 2.41. The molecule has 0 spiro atoms. The first-order chi connectivity index (χ1) is 8.03. The van der Waals surface area contributed by atoms with Gasteiger partial charge in [0.25, 0.3) is 0 Å². The molecule has 0 radical (unpaired) electrons. The minimum Gasteiger partial charge on any atom is -0.371 e. The van der Waals surface area contributed by atoms with E-state index in [-0.39, 0.29) is 11.5 Å². The van der Waals surface area contributed by atoms with E-state index in [2.05, 4.69) is 35.1 Å². The van der Waals surface area contributed by atoms with Crippen LogP contribution in [-0.4, -0.2) is 29.5 Å². The van der Waals surface area contributed by atoms with Gasteiger partial charge in [-0.05, 0) is 33.1 Å². The molecular formula is C13H24BrNO2. The highest BCUT2D eigenvalue weighted by molar-refractivity contribution is 9.09. The second-order valence-corrected chi connectivity index (χ2v) is 6.15. The standard InChI is InChI=1S/C13H24BrNO2/c1-13(2,17-11-6-3-4-7-11)10-15-12(16)8-5-9-14/h11H,3-10H2,1-2H3,(H,15,16). The van der Waals surface area contributed by atoms with Gasteiger partial charge in [0.15, 0.2) is 0 Å². The number of alkyl halides is 1. The first-order valence-electron chi connectivity index (χ1n) is 6.54.